The van der Waals surface area contributed by atoms with Crippen LogP contribution in [-0.4, -0.2) is 30.7 Å². The molecule has 3 nitrogen and oxygen atoms in total. The fourth-order valence-electron chi connectivity index (χ4n) is 0.420. The number of ether oxygens (including phenoxy) is 2. The van der Waals surface area contributed by atoms with E-state index in [1.165, 1.54) is 0 Å². The second kappa shape index (κ2) is 2.44. The molecule has 1 heterocycles. The summed E-state index contributed by atoms with van der Waals surface area (Å²) in [5.74, 6) is 0. The maximum Gasteiger partial charge on any atom is 0.181 e. The van der Waals surface area contributed by atoms with Crippen LogP contribution in [0.5, 0.6) is 0 Å². The van der Waals surface area contributed by atoms with Crippen molar-refractivity contribution in [3.05, 3.63) is 0 Å². The number of aliphatic hydroxyl groups is 1. The third kappa shape index (κ3) is 1.78. The van der Waals surface area contributed by atoms with Gasteiger partial charge in [-0.05, 0) is 6.92 Å². The van der Waals surface area contributed by atoms with Crippen LogP contribution in [0.2, 0.25) is 0 Å². The summed E-state index contributed by atoms with van der Waals surface area (Å²) in [7, 11) is 0. The van der Waals surface area contributed by atoms with Crippen LogP contribution in [-0.2, 0) is 9.47 Å². The zero-order valence-electron chi connectivity index (χ0n) is 4.83. The van der Waals surface area contributed by atoms with Gasteiger partial charge < -0.3 is 14.6 Å². The molecular formula is C5H10O3. The topological polar surface area (TPSA) is 42.0 Å². The van der Waals surface area contributed by atoms with Gasteiger partial charge in [0.05, 0.1) is 12.7 Å². The first-order valence-corrected chi connectivity index (χ1v) is 2.71. The normalized spacial score (nSPS) is 30.0. The van der Waals surface area contributed by atoms with Gasteiger partial charge in [0.15, 0.2) is 6.29 Å². The molecule has 1 rings (SSSR count). The number of epoxide rings is 1. The average Bonchev–Trinajstić information content (AvgIpc) is 2.50. The SMILES string of the molecule is CC(CO)OC1CO1. The Labute approximate surface area is 48.2 Å². The molecule has 0 spiro atoms. The van der Waals surface area contributed by atoms with Crippen LogP contribution in [0.15, 0.2) is 0 Å². The van der Waals surface area contributed by atoms with Crippen LogP contribution in [0.4, 0.5) is 0 Å². The number of aliphatic hydroxyl groups excluding tert-OH is 1. The van der Waals surface area contributed by atoms with E-state index >= 15 is 0 Å². The Hall–Kier alpha value is -0.120. The Balaban J connectivity index is 1.98. The molecular weight excluding hydrogens is 108 g/mol. The molecule has 8 heavy (non-hydrogen) atoms. The van der Waals surface area contributed by atoms with E-state index in [0.717, 1.165) is 0 Å². The van der Waals surface area contributed by atoms with E-state index in [0.29, 0.717) is 6.61 Å². The van der Waals surface area contributed by atoms with Crippen LogP contribution >= 0.6 is 0 Å². The minimum Gasteiger partial charge on any atom is -0.394 e. The lowest BCUT2D eigenvalue weighted by Gasteiger charge is -2.04. The molecule has 48 valence electrons. The molecule has 1 fully saturated rings. The summed E-state index contributed by atoms with van der Waals surface area (Å²) in [6.45, 7) is 2.56. The number of rotatable bonds is 3. The fraction of sp³-hybridized carbons (Fsp3) is 1.00. The van der Waals surface area contributed by atoms with Gasteiger partial charge in [0.25, 0.3) is 0 Å². The second-order valence-electron chi connectivity index (χ2n) is 1.89. The van der Waals surface area contributed by atoms with Crippen molar-refractivity contribution in [3.8, 4) is 0 Å². The van der Waals surface area contributed by atoms with Gasteiger partial charge in [-0.2, -0.15) is 0 Å². The fourth-order valence-corrected chi connectivity index (χ4v) is 0.420. The van der Waals surface area contributed by atoms with E-state index in [4.69, 9.17) is 14.6 Å². The van der Waals surface area contributed by atoms with Crippen LogP contribution in [0.25, 0.3) is 0 Å². The van der Waals surface area contributed by atoms with Crippen molar-refractivity contribution in [2.45, 2.75) is 19.3 Å². The van der Waals surface area contributed by atoms with Crippen molar-refractivity contribution in [2.24, 2.45) is 0 Å². The van der Waals surface area contributed by atoms with E-state index in [1.54, 1.807) is 0 Å². The molecule has 3 heteroatoms. The maximum absolute atomic E-state index is 8.43. The molecule has 1 aliphatic heterocycles. The molecule has 2 atom stereocenters. The zero-order valence-corrected chi connectivity index (χ0v) is 4.83. The van der Waals surface area contributed by atoms with Gasteiger partial charge in [-0.1, -0.05) is 0 Å². The lowest BCUT2D eigenvalue weighted by Crippen LogP contribution is -2.14. The van der Waals surface area contributed by atoms with Gasteiger partial charge in [-0.15, -0.1) is 0 Å². The minimum atomic E-state index is -0.0810. The molecule has 0 radical (unpaired) electrons. The number of hydrogen-bond acceptors (Lipinski definition) is 3. The summed E-state index contributed by atoms with van der Waals surface area (Å²) in [6, 6.07) is 0. The van der Waals surface area contributed by atoms with Crippen LogP contribution < -0.4 is 0 Å². The molecule has 0 saturated carbocycles. The highest BCUT2D eigenvalue weighted by atomic mass is 16.8. The van der Waals surface area contributed by atoms with E-state index in [9.17, 15) is 0 Å². The summed E-state index contributed by atoms with van der Waals surface area (Å²) in [6.07, 6.45) is -0.111. The summed E-state index contributed by atoms with van der Waals surface area (Å²) >= 11 is 0. The van der Waals surface area contributed by atoms with Crippen molar-refractivity contribution in [1.29, 1.82) is 0 Å². The number of hydrogen-bond donors (Lipinski definition) is 1. The van der Waals surface area contributed by atoms with Crippen LogP contribution in [0.3, 0.4) is 0 Å². The van der Waals surface area contributed by atoms with E-state index < -0.39 is 0 Å². The first-order valence-electron chi connectivity index (χ1n) is 2.71. The predicted octanol–water partition coefficient (Wildman–Crippen LogP) is -0.260. The maximum atomic E-state index is 8.43. The first kappa shape index (κ1) is 6.01. The molecule has 0 aliphatic carbocycles. The molecule has 2 unspecified atom stereocenters. The van der Waals surface area contributed by atoms with Gasteiger partial charge in [-0.3, -0.25) is 0 Å². The lowest BCUT2D eigenvalue weighted by molar-refractivity contribution is -0.0273. The summed E-state index contributed by atoms with van der Waals surface area (Å²) in [5, 5.41) is 8.43. The largest absolute Gasteiger partial charge is 0.394 e. The van der Waals surface area contributed by atoms with Crippen molar-refractivity contribution in [3.63, 3.8) is 0 Å². The highest BCUT2D eigenvalue weighted by Gasteiger charge is 2.24. The minimum absolute atomic E-state index is 0.0304. The van der Waals surface area contributed by atoms with Gasteiger partial charge in [-0.25, -0.2) is 0 Å². The molecule has 1 N–H and O–H groups in total. The Morgan fingerprint density at radius 3 is 3.00 bits per heavy atom. The van der Waals surface area contributed by atoms with Gasteiger partial charge in [0, 0.05) is 0 Å². The second-order valence-corrected chi connectivity index (χ2v) is 1.89. The molecule has 0 aromatic carbocycles. The van der Waals surface area contributed by atoms with Crippen molar-refractivity contribution in [2.75, 3.05) is 13.2 Å². The van der Waals surface area contributed by atoms with E-state index in [-0.39, 0.29) is 19.0 Å². The van der Waals surface area contributed by atoms with Crippen LogP contribution in [0, 0.1) is 0 Å². The summed E-state index contributed by atoms with van der Waals surface area (Å²) in [4.78, 5) is 0. The van der Waals surface area contributed by atoms with Gasteiger partial charge in [0.2, 0.25) is 0 Å². The Morgan fingerprint density at radius 2 is 2.62 bits per heavy atom. The first-order chi connectivity index (χ1) is 3.83. The third-order valence-electron chi connectivity index (χ3n) is 0.944. The summed E-state index contributed by atoms with van der Waals surface area (Å²) < 4.78 is 9.79. The molecule has 1 saturated heterocycles. The Kier molecular flexibility index (Phi) is 1.83. The van der Waals surface area contributed by atoms with Crippen molar-refractivity contribution in [1.82, 2.24) is 0 Å². The standard InChI is InChI=1S/C5H10O3/c1-4(2-6)8-5-3-7-5/h4-6H,2-3H2,1H3. The lowest BCUT2D eigenvalue weighted by atomic mass is 10.4. The highest BCUT2D eigenvalue weighted by Crippen LogP contribution is 2.12. The van der Waals surface area contributed by atoms with E-state index in [2.05, 4.69) is 0 Å². The highest BCUT2D eigenvalue weighted by molar-refractivity contribution is 4.58. The molecule has 0 aromatic heterocycles. The smallest absolute Gasteiger partial charge is 0.181 e. The van der Waals surface area contributed by atoms with Gasteiger partial charge >= 0.3 is 0 Å². The molecule has 0 amide bonds. The van der Waals surface area contributed by atoms with Crippen LogP contribution in [0.1, 0.15) is 6.92 Å². The quantitative estimate of drug-likeness (QED) is 0.519. The van der Waals surface area contributed by atoms with Crippen molar-refractivity contribution < 1.29 is 14.6 Å². The Bertz CT molecular complexity index is 70.1. The Morgan fingerprint density at radius 1 is 2.00 bits per heavy atom. The average molecular weight is 118 g/mol. The summed E-state index contributed by atoms with van der Waals surface area (Å²) in [5.41, 5.74) is 0. The molecule has 1 aliphatic rings. The zero-order chi connectivity index (χ0) is 5.98. The monoisotopic (exact) mass is 118 g/mol. The molecule has 0 aromatic rings. The van der Waals surface area contributed by atoms with E-state index in [1.807, 2.05) is 6.92 Å². The van der Waals surface area contributed by atoms with Crippen molar-refractivity contribution >= 4 is 0 Å². The molecule has 0 bridgehead atoms. The van der Waals surface area contributed by atoms with Gasteiger partial charge in [0.1, 0.15) is 6.61 Å². The predicted molar refractivity (Wildman–Crippen MR) is 27.4 cm³/mol. The third-order valence-corrected chi connectivity index (χ3v) is 0.944.